The van der Waals surface area contributed by atoms with E-state index in [1.165, 1.54) is 29.5 Å². The van der Waals surface area contributed by atoms with Gasteiger partial charge in [0.25, 0.3) is 0 Å². The average molecular weight is 426 g/mol. The van der Waals surface area contributed by atoms with Gasteiger partial charge in [0.2, 0.25) is 11.9 Å². The van der Waals surface area contributed by atoms with Gasteiger partial charge in [-0.05, 0) is 57.0 Å². The number of nitrogens with zero attached hydrogens (tertiary/aromatic N) is 4. The number of halogens is 1. The molecule has 1 amide bonds. The summed E-state index contributed by atoms with van der Waals surface area (Å²) < 4.78 is 15.4. The van der Waals surface area contributed by atoms with E-state index in [4.69, 9.17) is 0 Å². The number of anilines is 2. The van der Waals surface area contributed by atoms with Gasteiger partial charge < -0.3 is 10.2 Å². The summed E-state index contributed by atoms with van der Waals surface area (Å²) in [5.74, 6) is 0.200. The molecule has 156 valence electrons. The molecule has 0 saturated carbocycles. The lowest BCUT2D eigenvalue weighted by Gasteiger charge is -2.19. The highest BCUT2D eigenvalue weighted by molar-refractivity contribution is 8.00. The summed E-state index contributed by atoms with van der Waals surface area (Å²) in [5, 5.41) is 11.8. The SMILES string of the molecule is Cc1ccc(-n2c(SC(C)C(=O)Nc3cccc(F)c3)nnc2N2CCCC2)cc1. The Kier molecular flexibility index (Phi) is 6.03. The minimum Gasteiger partial charge on any atom is -0.341 e. The Morgan fingerprint density at radius 2 is 1.87 bits per heavy atom. The molecule has 1 aromatic heterocycles. The van der Waals surface area contributed by atoms with Gasteiger partial charge in [-0.1, -0.05) is 35.5 Å². The van der Waals surface area contributed by atoms with Crippen LogP contribution < -0.4 is 10.2 Å². The summed E-state index contributed by atoms with van der Waals surface area (Å²) in [5.41, 5.74) is 2.57. The fourth-order valence-electron chi connectivity index (χ4n) is 3.40. The van der Waals surface area contributed by atoms with E-state index in [1.54, 1.807) is 12.1 Å². The number of thioether (sulfide) groups is 1. The molecule has 30 heavy (non-hydrogen) atoms. The summed E-state index contributed by atoms with van der Waals surface area (Å²) in [7, 11) is 0. The summed E-state index contributed by atoms with van der Waals surface area (Å²) in [6.07, 6.45) is 2.27. The van der Waals surface area contributed by atoms with Gasteiger partial charge >= 0.3 is 0 Å². The second-order valence-corrected chi connectivity index (χ2v) is 8.72. The van der Waals surface area contributed by atoms with Gasteiger partial charge in [-0.25, -0.2) is 4.39 Å². The third-order valence-electron chi connectivity index (χ3n) is 5.04. The first-order valence-electron chi connectivity index (χ1n) is 10.0. The van der Waals surface area contributed by atoms with Crippen LogP contribution in [0.25, 0.3) is 5.69 Å². The van der Waals surface area contributed by atoms with Crippen molar-refractivity contribution in [3.05, 3.63) is 59.9 Å². The lowest BCUT2D eigenvalue weighted by Crippen LogP contribution is -2.24. The molecule has 1 unspecified atom stereocenters. The summed E-state index contributed by atoms with van der Waals surface area (Å²) >= 11 is 1.34. The highest BCUT2D eigenvalue weighted by Gasteiger charge is 2.25. The van der Waals surface area contributed by atoms with Crippen LogP contribution in [0.5, 0.6) is 0 Å². The van der Waals surface area contributed by atoms with E-state index >= 15 is 0 Å². The number of hydrogen-bond donors (Lipinski definition) is 1. The summed E-state index contributed by atoms with van der Waals surface area (Å²) in [6, 6.07) is 14.1. The molecule has 1 N–H and O–H groups in total. The first-order chi connectivity index (χ1) is 14.5. The number of rotatable bonds is 6. The number of aromatic nitrogens is 3. The van der Waals surface area contributed by atoms with Crippen LogP contribution >= 0.6 is 11.8 Å². The van der Waals surface area contributed by atoms with Crippen LogP contribution in [0.3, 0.4) is 0 Å². The van der Waals surface area contributed by atoms with Crippen LogP contribution in [-0.2, 0) is 4.79 Å². The fourth-order valence-corrected chi connectivity index (χ4v) is 4.26. The van der Waals surface area contributed by atoms with Gasteiger partial charge in [0.15, 0.2) is 5.16 Å². The normalized spacial score (nSPS) is 14.7. The van der Waals surface area contributed by atoms with E-state index in [0.29, 0.717) is 10.8 Å². The van der Waals surface area contributed by atoms with E-state index in [9.17, 15) is 9.18 Å². The van der Waals surface area contributed by atoms with Crippen LogP contribution in [0.4, 0.5) is 16.0 Å². The van der Waals surface area contributed by atoms with Crippen molar-refractivity contribution >= 4 is 29.3 Å². The highest BCUT2D eigenvalue weighted by Crippen LogP contribution is 2.31. The van der Waals surface area contributed by atoms with Gasteiger partial charge in [-0.3, -0.25) is 9.36 Å². The first-order valence-corrected chi connectivity index (χ1v) is 10.9. The fraction of sp³-hybridized carbons (Fsp3) is 0.318. The average Bonchev–Trinajstić information content (AvgIpc) is 3.38. The van der Waals surface area contributed by atoms with Crippen molar-refractivity contribution in [2.45, 2.75) is 37.1 Å². The van der Waals surface area contributed by atoms with Gasteiger partial charge in [-0.15, -0.1) is 10.2 Å². The van der Waals surface area contributed by atoms with Crippen molar-refractivity contribution in [1.82, 2.24) is 14.8 Å². The Morgan fingerprint density at radius 1 is 1.13 bits per heavy atom. The molecule has 1 saturated heterocycles. The Labute approximate surface area is 179 Å². The molecule has 0 radical (unpaired) electrons. The van der Waals surface area contributed by atoms with E-state index in [0.717, 1.165) is 37.6 Å². The van der Waals surface area contributed by atoms with Gasteiger partial charge in [0, 0.05) is 18.8 Å². The number of carbonyl (C=O) groups is 1. The minimum atomic E-state index is -0.437. The smallest absolute Gasteiger partial charge is 0.237 e. The molecular formula is C22H24FN5OS. The van der Waals surface area contributed by atoms with Gasteiger partial charge in [0.05, 0.1) is 10.9 Å². The molecule has 2 heterocycles. The Balaban J connectivity index is 1.58. The molecule has 6 nitrogen and oxygen atoms in total. The molecule has 0 spiro atoms. The predicted octanol–water partition coefficient (Wildman–Crippen LogP) is 4.43. The number of amides is 1. The third-order valence-corrected chi connectivity index (χ3v) is 6.08. The maximum Gasteiger partial charge on any atom is 0.237 e. The van der Waals surface area contributed by atoms with Crippen molar-refractivity contribution in [2.24, 2.45) is 0 Å². The molecule has 1 aliphatic rings. The monoisotopic (exact) mass is 425 g/mol. The number of aryl methyl sites for hydroxylation is 1. The van der Waals surface area contributed by atoms with Crippen LogP contribution in [0, 0.1) is 12.7 Å². The number of hydrogen-bond acceptors (Lipinski definition) is 5. The summed E-state index contributed by atoms with van der Waals surface area (Å²) in [4.78, 5) is 14.9. The lowest BCUT2D eigenvalue weighted by atomic mass is 10.2. The second-order valence-electron chi connectivity index (χ2n) is 7.41. The lowest BCUT2D eigenvalue weighted by molar-refractivity contribution is -0.115. The van der Waals surface area contributed by atoms with Crippen molar-refractivity contribution in [2.75, 3.05) is 23.3 Å². The topological polar surface area (TPSA) is 63.1 Å². The zero-order chi connectivity index (χ0) is 21.1. The van der Waals surface area contributed by atoms with Crippen LogP contribution in [0.15, 0.2) is 53.7 Å². The molecule has 0 bridgehead atoms. The van der Waals surface area contributed by atoms with Crippen LogP contribution in [-0.4, -0.2) is 39.0 Å². The minimum absolute atomic E-state index is 0.216. The number of carbonyl (C=O) groups excluding carboxylic acids is 1. The number of benzene rings is 2. The summed E-state index contributed by atoms with van der Waals surface area (Å²) in [6.45, 7) is 5.75. The maximum absolute atomic E-state index is 13.4. The zero-order valence-corrected chi connectivity index (χ0v) is 17.8. The van der Waals surface area contributed by atoms with Crippen molar-refractivity contribution < 1.29 is 9.18 Å². The molecule has 4 rings (SSSR count). The van der Waals surface area contributed by atoms with Crippen LogP contribution in [0.2, 0.25) is 0 Å². The van der Waals surface area contributed by atoms with Gasteiger partial charge in [-0.2, -0.15) is 0 Å². The van der Waals surface area contributed by atoms with E-state index in [1.807, 2.05) is 30.5 Å². The van der Waals surface area contributed by atoms with Gasteiger partial charge in [0.1, 0.15) is 5.82 Å². The quantitative estimate of drug-likeness (QED) is 0.592. The maximum atomic E-state index is 13.4. The Hall–Kier alpha value is -2.87. The third kappa shape index (κ3) is 4.48. The predicted molar refractivity (Wildman–Crippen MR) is 118 cm³/mol. The first kappa shape index (κ1) is 20.4. The highest BCUT2D eigenvalue weighted by atomic mass is 32.2. The molecule has 1 fully saturated rings. The standard InChI is InChI=1S/C22H24FN5OS/c1-15-8-10-19(11-9-15)28-21(27-12-3-4-13-27)25-26-22(28)30-16(2)20(29)24-18-7-5-6-17(23)14-18/h5-11,14,16H,3-4,12-13H2,1-2H3,(H,24,29). The molecule has 1 aliphatic heterocycles. The Bertz CT molecular complexity index is 1030. The zero-order valence-electron chi connectivity index (χ0n) is 17.0. The molecule has 8 heteroatoms. The van der Waals surface area contributed by atoms with Crippen molar-refractivity contribution in [3.8, 4) is 5.69 Å². The van der Waals surface area contributed by atoms with Crippen molar-refractivity contribution in [1.29, 1.82) is 0 Å². The second kappa shape index (κ2) is 8.87. The molecule has 2 aromatic carbocycles. The van der Waals surface area contributed by atoms with E-state index in [-0.39, 0.29) is 11.7 Å². The molecule has 3 aromatic rings. The molecular weight excluding hydrogens is 401 g/mol. The largest absolute Gasteiger partial charge is 0.341 e. The molecule has 1 atom stereocenters. The van der Waals surface area contributed by atoms with E-state index < -0.39 is 5.25 Å². The Morgan fingerprint density at radius 3 is 2.57 bits per heavy atom. The number of nitrogens with one attached hydrogen (secondary N) is 1. The molecule has 0 aliphatic carbocycles. The van der Waals surface area contributed by atoms with E-state index in [2.05, 4.69) is 32.5 Å². The van der Waals surface area contributed by atoms with Crippen molar-refractivity contribution in [3.63, 3.8) is 0 Å². The van der Waals surface area contributed by atoms with Crippen LogP contribution in [0.1, 0.15) is 25.3 Å².